The summed E-state index contributed by atoms with van der Waals surface area (Å²) in [6, 6.07) is -0.118. The number of aliphatic carboxylic acids is 1. The minimum atomic E-state index is -0.809. The second-order valence-electron chi connectivity index (χ2n) is 3.75. The zero-order valence-electron chi connectivity index (χ0n) is 8.38. The molecule has 1 aromatic heterocycles. The highest BCUT2D eigenvalue weighted by molar-refractivity contribution is 5.90. The van der Waals surface area contributed by atoms with E-state index in [4.69, 9.17) is 5.11 Å². The number of carboxylic acids is 1. The summed E-state index contributed by atoms with van der Waals surface area (Å²) in [7, 11) is 0. The predicted octanol–water partition coefficient (Wildman–Crippen LogP) is -0.817. The molecule has 1 aromatic rings. The van der Waals surface area contributed by atoms with Crippen molar-refractivity contribution in [3.63, 3.8) is 0 Å². The van der Waals surface area contributed by atoms with Crippen molar-refractivity contribution in [2.24, 2.45) is 5.92 Å². The quantitative estimate of drug-likeness (QED) is 0.618. The number of H-pyrrole nitrogens is 1. The molecule has 8 heteroatoms. The minimum absolute atomic E-state index is 0.0289. The Bertz CT molecular complexity index is 390. The largest absolute Gasteiger partial charge is 0.481 e. The number of hydrogen-bond acceptors (Lipinski definition) is 5. The second-order valence-corrected chi connectivity index (χ2v) is 3.75. The van der Waals surface area contributed by atoms with Crippen molar-refractivity contribution in [2.45, 2.75) is 25.3 Å². The van der Waals surface area contributed by atoms with Gasteiger partial charge in [0.05, 0.1) is 5.92 Å². The highest BCUT2D eigenvalue weighted by atomic mass is 16.4. The zero-order valence-corrected chi connectivity index (χ0v) is 8.38. The molecule has 1 aliphatic carbocycles. The van der Waals surface area contributed by atoms with Gasteiger partial charge in [-0.25, -0.2) is 0 Å². The molecule has 1 aliphatic rings. The summed E-state index contributed by atoms with van der Waals surface area (Å²) in [4.78, 5) is 22.2. The van der Waals surface area contributed by atoms with E-state index in [1.165, 1.54) is 0 Å². The van der Waals surface area contributed by atoms with Gasteiger partial charge in [0.15, 0.2) is 0 Å². The van der Waals surface area contributed by atoms with Crippen molar-refractivity contribution < 1.29 is 14.7 Å². The summed E-state index contributed by atoms with van der Waals surface area (Å²) in [5.74, 6) is -1.63. The predicted molar refractivity (Wildman–Crippen MR) is 50.4 cm³/mol. The molecule has 2 unspecified atom stereocenters. The molecule has 0 aliphatic heterocycles. The number of amides is 1. The van der Waals surface area contributed by atoms with Gasteiger partial charge in [-0.15, -0.1) is 10.2 Å². The van der Waals surface area contributed by atoms with E-state index in [2.05, 4.69) is 25.9 Å². The van der Waals surface area contributed by atoms with Gasteiger partial charge in [0.1, 0.15) is 0 Å². The molecule has 1 heterocycles. The Kier molecular flexibility index (Phi) is 2.80. The molecular weight excluding hydrogens is 214 g/mol. The third kappa shape index (κ3) is 2.15. The van der Waals surface area contributed by atoms with E-state index in [1.54, 1.807) is 0 Å². The number of aromatic amines is 1. The first-order valence-corrected chi connectivity index (χ1v) is 4.94. The van der Waals surface area contributed by atoms with Gasteiger partial charge in [0.25, 0.3) is 11.7 Å². The molecule has 2 atom stereocenters. The van der Waals surface area contributed by atoms with Crippen molar-refractivity contribution >= 4 is 11.9 Å². The van der Waals surface area contributed by atoms with Crippen LogP contribution in [-0.4, -0.2) is 43.6 Å². The first kappa shape index (κ1) is 10.5. The van der Waals surface area contributed by atoms with Crippen LogP contribution in [0.2, 0.25) is 0 Å². The third-order valence-electron chi connectivity index (χ3n) is 2.67. The van der Waals surface area contributed by atoms with Crippen LogP contribution in [0.15, 0.2) is 0 Å². The summed E-state index contributed by atoms with van der Waals surface area (Å²) < 4.78 is 0. The van der Waals surface area contributed by atoms with Crippen LogP contribution in [0.5, 0.6) is 0 Å². The topological polar surface area (TPSA) is 121 Å². The molecule has 1 fully saturated rings. The molecule has 0 radical (unpaired) electrons. The van der Waals surface area contributed by atoms with Crippen LogP contribution >= 0.6 is 0 Å². The first-order valence-electron chi connectivity index (χ1n) is 4.94. The molecule has 2 rings (SSSR count). The van der Waals surface area contributed by atoms with Crippen molar-refractivity contribution in [2.75, 3.05) is 0 Å². The molecule has 0 aromatic carbocycles. The third-order valence-corrected chi connectivity index (χ3v) is 2.67. The van der Waals surface area contributed by atoms with Crippen molar-refractivity contribution in [1.82, 2.24) is 25.9 Å². The summed E-state index contributed by atoms with van der Waals surface area (Å²) in [6.07, 6.45) is 1.71. The molecule has 16 heavy (non-hydrogen) atoms. The second kappa shape index (κ2) is 4.25. The summed E-state index contributed by atoms with van der Waals surface area (Å²) in [6.45, 7) is 0. The maximum Gasteiger partial charge on any atom is 0.306 e. The number of carbonyl (C=O) groups is 2. The number of nitrogens with zero attached hydrogens (tertiary/aromatic N) is 3. The van der Waals surface area contributed by atoms with Gasteiger partial charge in [-0.05, 0) is 24.5 Å². The van der Waals surface area contributed by atoms with Gasteiger partial charge in [-0.2, -0.15) is 5.21 Å². The number of carbonyl (C=O) groups excluding carboxylic acids is 1. The molecule has 1 saturated carbocycles. The van der Waals surface area contributed by atoms with Crippen LogP contribution in [0, 0.1) is 5.92 Å². The van der Waals surface area contributed by atoms with Crippen LogP contribution in [0.4, 0.5) is 0 Å². The molecule has 0 spiro atoms. The maximum absolute atomic E-state index is 11.5. The lowest BCUT2D eigenvalue weighted by Crippen LogP contribution is -2.34. The molecule has 1 amide bonds. The van der Waals surface area contributed by atoms with Gasteiger partial charge in [0.2, 0.25) is 0 Å². The smallest absolute Gasteiger partial charge is 0.306 e. The van der Waals surface area contributed by atoms with Crippen molar-refractivity contribution in [3.8, 4) is 0 Å². The van der Waals surface area contributed by atoms with Crippen LogP contribution in [-0.2, 0) is 4.79 Å². The zero-order chi connectivity index (χ0) is 11.5. The molecular formula is C8H11N5O3. The van der Waals surface area contributed by atoms with E-state index < -0.39 is 11.9 Å². The Labute approximate surface area is 90.4 Å². The van der Waals surface area contributed by atoms with Crippen molar-refractivity contribution in [3.05, 3.63) is 5.82 Å². The number of tetrazole rings is 1. The van der Waals surface area contributed by atoms with Gasteiger partial charge in [-0.3, -0.25) is 9.59 Å². The summed E-state index contributed by atoms with van der Waals surface area (Å²) in [5, 5.41) is 24.0. The molecule has 0 bridgehead atoms. The lowest BCUT2D eigenvalue weighted by Gasteiger charge is -2.09. The lowest BCUT2D eigenvalue weighted by atomic mass is 10.1. The SMILES string of the molecule is O=C(NC1CCC(C(=O)O)C1)c1nn[nH]n1. The highest BCUT2D eigenvalue weighted by Crippen LogP contribution is 2.25. The van der Waals surface area contributed by atoms with E-state index in [-0.39, 0.29) is 17.8 Å². The van der Waals surface area contributed by atoms with Crippen LogP contribution in [0.25, 0.3) is 0 Å². The average molecular weight is 225 g/mol. The highest BCUT2D eigenvalue weighted by Gasteiger charge is 2.31. The Morgan fingerprint density at radius 1 is 1.44 bits per heavy atom. The van der Waals surface area contributed by atoms with Gasteiger partial charge < -0.3 is 10.4 Å². The van der Waals surface area contributed by atoms with Crippen molar-refractivity contribution in [1.29, 1.82) is 0 Å². The number of carboxylic acid groups (broad SMARTS) is 1. The Hall–Kier alpha value is -1.99. The number of rotatable bonds is 3. The van der Waals surface area contributed by atoms with E-state index in [9.17, 15) is 9.59 Å². The first-order chi connectivity index (χ1) is 7.66. The lowest BCUT2D eigenvalue weighted by molar-refractivity contribution is -0.141. The van der Waals surface area contributed by atoms with E-state index >= 15 is 0 Å². The van der Waals surface area contributed by atoms with E-state index in [1.807, 2.05) is 0 Å². The fraction of sp³-hybridized carbons (Fsp3) is 0.625. The summed E-state index contributed by atoms with van der Waals surface area (Å²) >= 11 is 0. The fourth-order valence-corrected chi connectivity index (χ4v) is 1.84. The fourth-order valence-electron chi connectivity index (χ4n) is 1.84. The molecule has 86 valence electrons. The number of aromatic nitrogens is 4. The van der Waals surface area contributed by atoms with E-state index in [0.29, 0.717) is 19.3 Å². The van der Waals surface area contributed by atoms with Crippen LogP contribution in [0.3, 0.4) is 0 Å². The van der Waals surface area contributed by atoms with Crippen LogP contribution < -0.4 is 5.32 Å². The minimum Gasteiger partial charge on any atom is -0.481 e. The number of hydrogen-bond donors (Lipinski definition) is 3. The number of nitrogens with one attached hydrogen (secondary N) is 2. The van der Waals surface area contributed by atoms with Gasteiger partial charge >= 0.3 is 5.97 Å². The Morgan fingerprint density at radius 3 is 2.81 bits per heavy atom. The van der Waals surface area contributed by atoms with Gasteiger partial charge in [0, 0.05) is 6.04 Å². The Balaban J connectivity index is 1.88. The van der Waals surface area contributed by atoms with E-state index in [0.717, 1.165) is 0 Å². The summed E-state index contributed by atoms with van der Waals surface area (Å²) in [5.41, 5.74) is 0. The molecule has 8 nitrogen and oxygen atoms in total. The maximum atomic E-state index is 11.5. The van der Waals surface area contributed by atoms with Crippen LogP contribution in [0.1, 0.15) is 29.9 Å². The van der Waals surface area contributed by atoms with Gasteiger partial charge in [-0.1, -0.05) is 0 Å². The average Bonchev–Trinajstić information content (AvgIpc) is 2.87. The molecule has 0 saturated heterocycles. The standard InChI is InChI=1S/C8H11N5O3/c14-7(6-10-12-13-11-6)9-5-2-1-4(3-5)8(15)16/h4-5H,1-3H2,(H,9,14)(H,15,16)(H,10,11,12,13). The monoisotopic (exact) mass is 225 g/mol. The Morgan fingerprint density at radius 2 is 2.25 bits per heavy atom. The molecule has 3 N–H and O–H groups in total. The normalized spacial score (nSPS) is 24.2.